The van der Waals surface area contributed by atoms with Gasteiger partial charge in [-0.3, -0.25) is 29.4 Å². The third-order valence-corrected chi connectivity index (χ3v) is 4.54. The molecule has 2 aromatic carbocycles. The SMILES string of the molecule is Cc1ccc(NC(=O)COC(=O)CN2C(=O)COc3ccc([N+](=O)[O-])cc32)cc1C. The first-order chi connectivity index (χ1) is 14.2. The zero-order valence-electron chi connectivity index (χ0n) is 16.3. The van der Waals surface area contributed by atoms with Crippen molar-refractivity contribution in [3.8, 4) is 5.75 Å². The number of hydrogen-bond acceptors (Lipinski definition) is 7. The van der Waals surface area contributed by atoms with Crippen molar-refractivity contribution >= 4 is 34.8 Å². The van der Waals surface area contributed by atoms with Gasteiger partial charge >= 0.3 is 5.97 Å². The highest BCUT2D eigenvalue weighted by molar-refractivity contribution is 6.02. The second-order valence-corrected chi connectivity index (χ2v) is 6.69. The lowest BCUT2D eigenvalue weighted by molar-refractivity contribution is -0.384. The number of amides is 2. The summed E-state index contributed by atoms with van der Waals surface area (Å²) in [6.45, 7) is 2.50. The Balaban J connectivity index is 1.61. The molecule has 0 aromatic heterocycles. The van der Waals surface area contributed by atoms with Crippen molar-refractivity contribution in [3.63, 3.8) is 0 Å². The molecule has 10 nitrogen and oxygen atoms in total. The first-order valence-electron chi connectivity index (χ1n) is 8.99. The van der Waals surface area contributed by atoms with Gasteiger partial charge in [0.1, 0.15) is 12.3 Å². The van der Waals surface area contributed by atoms with Crippen LogP contribution in [0.1, 0.15) is 11.1 Å². The van der Waals surface area contributed by atoms with E-state index < -0.39 is 35.9 Å². The topological polar surface area (TPSA) is 128 Å². The molecule has 1 N–H and O–H groups in total. The van der Waals surface area contributed by atoms with Crippen LogP contribution in [0.5, 0.6) is 5.75 Å². The largest absolute Gasteiger partial charge is 0.482 e. The van der Waals surface area contributed by atoms with Gasteiger partial charge in [0.15, 0.2) is 13.2 Å². The van der Waals surface area contributed by atoms with Crippen molar-refractivity contribution in [3.05, 3.63) is 57.6 Å². The maximum atomic E-state index is 12.2. The summed E-state index contributed by atoms with van der Waals surface area (Å²) >= 11 is 0. The normalized spacial score (nSPS) is 12.6. The number of ether oxygens (including phenoxy) is 2. The molecule has 0 unspecified atom stereocenters. The van der Waals surface area contributed by atoms with Gasteiger partial charge in [-0.15, -0.1) is 0 Å². The maximum Gasteiger partial charge on any atom is 0.326 e. The van der Waals surface area contributed by atoms with Gasteiger partial charge in [-0.25, -0.2) is 0 Å². The number of fused-ring (bicyclic) bond motifs is 1. The average molecular weight is 413 g/mol. The summed E-state index contributed by atoms with van der Waals surface area (Å²) in [5.74, 6) is -1.69. The molecule has 10 heteroatoms. The van der Waals surface area contributed by atoms with Gasteiger partial charge in [0.25, 0.3) is 17.5 Å². The Hall–Kier alpha value is -3.95. The Labute approximate surface area is 171 Å². The van der Waals surface area contributed by atoms with Crippen LogP contribution in [-0.2, 0) is 19.1 Å². The molecule has 0 saturated heterocycles. The van der Waals surface area contributed by atoms with Crippen LogP contribution in [0.3, 0.4) is 0 Å². The van der Waals surface area contributed by atoms with Crippen LogP contribution in [0.2, 0.25) is 0 Å². The van der Waals surface area contributed by atoms with Gasteiger partial charge < -0.3 is 14.8 Å². The molecule has 1 heterocycles. The summed E-state index contributed by atoms with van der Waals surface area (Å²) < 4.78 is 10.2. The monoisotopic (exact) mass is 413 g/mol. The third kappa shape index (κ3) is 4.72. The molecule has 0 aliphatic carbocycles. The lowest BCUT2D eigenvalue weighted by atomic mass is 10.1. The molecule has 1 aliphatic heterocycles. The Morgan fingerprint density at radius 3 is 2.67 bits per heavy atom. The van der Waals surface area contributed by atoms with Crippen LogP contribution in [0.15, 0.2) is 36.4 Å². The van der Waals surface area contributed by atoms with Crippen molar-refractivity contribution < 1.29 is 28.8 Å². The minimum atomic E-state index is -0.835. The Morgan fingerprint density at radius 2 is 1.97 bits per heavy atom. The molecule has 0 spiro atoms. The van der Waals surface area contributed by atoms with Gasteiger partial charge in [-0.1, -0.05) is 6.07 Å². The minimum absolute atomic E-state index is 0.0944. The fourth-order valence-electron chi connectivity index (χ4n) is 2.81. The number of carbonyl (C=O) groups excluding carboxylic acids is 3. The number of nitrogens with one attached hydrogen (secondary N) is 1. The lowest BCUT2D eigenvalue weighted by Gasteiger charge is -2.28. The van der Waals surface area contributed by atoms with Crippen LogP contribution in [0, 0.1) is 24.0 Å². The maximum absolute atomic E-state index is 12.2. The first kappa shape index (κ1) is 20.8. The summed E-state index contributed by atoms with van der Waals surface area (Å²) in [7, 11) is 0. The summed E-state index contributed by atoms with van der Waals surface area (Å²) in [5.41, 5.74) is 2.50. The second kappa shape index (κ2) is 8.60. The number of rotatable bonds is 6. The number of nitro groups is 1. The predicted molar refractivity (Wildman–Crippen MR) is 106 cm³/mol. The molecule has 0 fully saturated rings. The molecule has 30 heavy (non-hydrogen) atoms. The van der Waals surface area contributed by atoms with E-state index in [-0.39, 0.29) is 23.7 Å². The van der Waals surface area contributed by atoms with Crippen LogP contribution in [0.4, 0.5) is 17.1 Å². The van der Waals surface area contributed by atoms with E-state index in [4.69, 9.17) is 9.47 Å². The molecular weight excluding hydrogens is 394 g/mol. The van der Waals surface area contributed by atoms with Crippen LogP contribution < -0.4 is 15.0 Å². The van der Waals surface area contributed by atoms with Crippen LogP contribution in [0.25, 0.3) is 0 Å². The lowest BCUT2D eigenvalue weighted by Crippen LogP contribution is -2.42. The molecule has 0 saturated carbocycles. The fraction of sp³-hybridized carbons (Fsp3) is 0.250. The number of aryl methyl sites for hydroxylation is 2. The van der Waals surface area contributed by atoms with Gasteiger partial charge in [-0.2, -0.15) is 0 Å². The van der Waals surface area contributed by atoms with Gasteiger partial charge in [0, 0.05) is 17.8 Å². The number of carbonyl (C=O) groups is 3. The summed E-state index contributed by atoms with van der Waals surface area (Å²) in [4.78, 5) is 47.8. The van der Waals surface area contributed by atoms with Gasteiger partial charge in [0.05, 0.1) is 10.6 Å². The molecule has 156 valence electrons. The van der Waals surface area contributed by atoms with E-state index >= 15 is 0 Å². The van der Waals surface area contributed by atoms with E-state index in [1.165, 1.54) is 12.1 Å². The standard InChI is InChI=1S/C20H19N3O7/c1-12-3-4-14(7-13(12)2)21-18(24)10-30-20(26)9-22-16-8-15(23(27)28)5-6-17(16)29-11-19(22)25/h3-8H,9-11H2,1-2H3,(H,21,24). The van der Waals surface area contributed by atoms with E-state index in [0.29, 0.717) is 5.69 Å². The molecule has 3 rings (SSSR count). The molecule has 0 radical (unpaired) electrons. The number of nitrogens with zero attached hydrogens (tertiary/aromatic N) is 2. The predicted octanol–water partition coefficient (Wildman–Crippen LogP) is 2.12. The number of benzene rings is 2. The Bertz CT molecular complexity index is 1040. The first-order valence-corrected chi connectivity index (χ1v) is 8.99. The van der Waals surface area contributed by atoms with E-state index in [1.807, 2.05) is 19.9 Å². The van der Waals surface area contributed by atoms with E-state index in [2.05, 4.69) is 5.32 Å². The number of nitro benzene ring substituents is 1. The van der Waals surface area contributed by atoms with E-state index in [9.17, 15) is 24.5 Å². The van der Waals surface area contributed by atoms with Crippen molar-refractivity contribution in [1.82, 2.24) is 0 Å². The van der Waals surface area contributed by atoms with Crippen molar-refractivity contribution in [2.75, 3.05) is 30.0 Å². The summed E-state index contributed by atoms with van der Waals surface area (Å²) in [6.07, 6.45) is 0. The highest BCUT2D eigenvalue weighted by atomic mass is 16.6. The zero-order chi connectivity index (χ0) is 21.8. The Morgan fingerprint density at radius 1 is 1.20 bits per heavy atom. The summed E-state index contributed by atoms with van der Waals surface area (Å²) in [5, 5.41) is 13.6. The van der Waals surface area contributed by atoms with Gasteiger partial charge in [0.2, 0.25) is 0 Å². The highest BCUT2D eigenvalue weighted by Crippen LogP contribution is 2.35. The zero-order valence-corrected chi connectivity index (χ0v) is 16.3. The van der Waals surface area contributed by atoms with E-state index in [0.717, 1.165) is 22.1 Å². The highest BCUT2D eigenvalue weighted by Gasteiger charge is 2.29. The molecule has 2 aromatic rings. The number of esters is 1. The molecule has 0 atom stereocenters. The number of anilines is 2. The van der Waals surface area contributed by atoms with Crippen LogP contribution in [-0.4, -0.2) is 42.5 Å². The average Bonchev–Trinajstić information content (AvgIpc) is 2.71. The molecule has 1 aliphatic rings. The smallest absolute Gasteiger partial charge is 0.326 e. The van der Waals surface area contributed by atoms with Gasteiger partial charge in [-0.05, 0) is 43.2 Å². The molecule has 2 amide bonds. The van der Waals surface area contributed by atoms with E-state index in [1.54, 1.807) is 12.1 Å². The summed E-state index contributed by atoms with van der Waals surface area (Å²) in [6, 6.07) is 9.13. The van der Waals surface area contributed by atoms with Crippen molar-refractivity contribution in [2.24, 2.45) is 0 Å². The fourth-order valence-corrected chi connectivity index (χ4v) is 2.81. The number of non-ortho nitro benzene ring substituents is 1. The molecular formula is C20H19N3O7. The number of hydrogen-bond donors (Lipinski definition) is 1. The molecule has 0 bridgehead atoms. The minimum Gasteiger partial charge on any atom is -0.482 e. The van der Waals surface area contributed by atoms with Crippen molar-refractivity contribution in [2.45, 2.75) is 13.8 Å². The van der Waals surface area contributed by atoms with Crippen LogP contribution >= 0.6 is 0 Å². The third-order valence-electron chi connectivity index (χ3n) is 4.54. The Kier molecular flexibility index (Phi) is 5.95. The quantitative estimate of drug-likeness (QED) is 0.436. The van der Waals surface area contributed by atoms with Crippen molar-refractivity contribution in [1.29, 1.82) is 0 Å². The second-order valence-electron chi connectivity index (χ2n) is 6.69.